The maximum Gasteiger partial charge on any atom is 0.191 e. The fraction of sp³-hybridized carbons (Fsp3) is 0.562. The van der Waals surface area contributed by atoms with Crippen molar-refractivity contribution >= 4 is 29.9 Å². The van der Waals surface area contributed by atoms with E-state index in [1.54, 1.807) is 14.2 Å². The van der Waals surface area contributed by atoms with Crippen LogP contribution in [0.15, 0.2) is 23.2 Å². The van der Waals surface area contributed by atoms with Crippen molar-refractivity contribution in [1.82, 2.24) is 10.6 Å². The standard InChI is InChI=1S/C16H27N3O.HI/c1-12-7-8-14(20-6)13(11-12)9-10-18-15(17-5)19-16(2,3)4;/h7-8,11H,9-10H2,1-6H3,(H2,17,18,19);1H. The molecule has 0 fully saturated rings. The minimum atomic E-state index is 0. The minimum absolute atomic E-state index is 0. The number of ether oxygens (including phenoxy) is 1. The van der Waals surface area contributed by atoms with Gasteiger partial charge in [-0.05, 0) is 45.7 Å². The average molecular weight is 405 g/mol. The van der Waals surface area contributed by atoms with Crippen LogP contribution < -0.4 is 15.4 Å². The molecule has 0 unspecified atom stereocenters. The Labute approximate surface area is 145 Å². The predicted molar refractivity (Wildman–Crippen MR) is 101 cm³/mol. The molecule has 1 aromatic carbocycles. The topological polar surface area (TPSA) is 45.7 Å². The fourth-order valence-corrected chi connectivity index (χ4v) is 1.95. The summed E-state index contributed by atoms with van der Waals surface area (Å²) in [6.45, 7) is 9.25. The van der Waals surface area contributed by atoms with Gasteiger partial charge in [0.25, 0.3) is 0 Å². The second-order valence-electron chi connectivity index (χ2n) is 5.94. The summed E-state index contributed by atoms with van der Waals surface area (Å²) >= 11 is 0. The van der Waals surface area contributed by atoms with Gasteiger partial charge in [-0.1, -0.05) is 17.7 Å². The van der Waals surface area contributed by atoms with Crippen molar-refractivity contribution in [2.24, 2.45) is 4.99 Å². The summed E-state index contributed by atoms with van der Waals surface area (Å²) in [5.41, 5.74) is 2.47. The third-order valence-corrected chi connectivity index (χ3v) is 2.84. The van der Waals surface area contributed by atoms with E-state index in [9.17, 15) is 0 Å². The first kappa shape index (κ1) is 20.0. The van der Waals surface area contributed by atoms with Crippen LogP contribution in [0, 0.1) is 6.92 Å². The molecule has 0 atom stereocenters. The molecule has 1 aromatic rings. The third kappa shape index (κ3) is 7.55. The Kier molecular flexibility index (Phi) is 8.70. The van der Waals surface area contributed by atoms with Gasteiger partial charge in [-0.25, -0.2) is 0 Å². The molecule has 0 aliphatic carbocycles. The largest absolute Gasteiger partial charge is 0.496 e. The number of hydrogen-bond donors (Lipinski definition) is 2. The number of hydrogen-bond acceptors (Lipinski definition) is 2. The zero-order valence-electron chi connectivity index (χ0n) is 13.9. The molecule has 0 aromatic heterocycles. The van der Waals surface area contributed by atoms with Crippen molar-refractivity contribution in [3.63, 3.8) is 0 Å². The molecular weight excluding hydrogens is 377 g/mol. The van der Waals surface area contributed by atoms with Crippen LogP contribution in [0.4, 0.5) is 0 Å². The molecule has 1 rings (SSSR count). The van der Waals surface area contributed by atoms with Gasteiger partial charge in [0.1, 0.15) is 5.75 Å². The number of aliphatic imine (C=N–C) groups is 1. The van der Waals surface area contributed by atoms with E-state index < -0.39 is 0 Å². The predicted octanol–water partition coefficient (Wildman–Crippen LogP) is 3.13. The summed E-state index contributed by atoms with van der Waals surface area (Å²) in [6, 6.07) is 6.25. The molecule has 4 nitrogen and oxygen atoms in total. The van der Waals surface area contributed by atoms with Crippen LogP contribution in [0.1, 0.15) is 31.9 Å². The number of rotatable bonds is 4. The second kappa shape index (κ2) is 9.12. The highest BCUT2D eigenvalue weighted by Crippen LogP contribution is 2.19. The SMILES string of the molecule is CN=C(NCCc1cc(C)ccc1OC)NC(C)(C)C.I. The molecule has 0 saturated heterocycles. The number of halogens is 1. The first-order valence-corrected chi connectivity index (χ1v) is 6.98. The van der Waals surface area contributed by atoms with Gasteiger partial charge >= 0.3 is 0 Å². The van der Waals surface area contributed by atoms with Crippen LogP contribution in [-0.2, 0) is 6.42 Å². The van der Waals surface area contributed by atoms with Gasteiger partial charge in [0.2, 0.25) is 0 Å². The number of nitrogens with one attached hydrogen (secondary N) is 2. The van der Waals surface area contributed by atoms with Crippen molar-refractivity contribution < 1.29 is 4.74 Å². The van der Waals surface area contributed by atoms with E-state index in [1.807, 2.05) is 6.07 Å². The molecule has 5 heteroatoms. The molecule has 0 aliphatic rings. The minimum Gasteiger partial charge on any atom is -0.496 e. The highest BCUT2D eigenvalue weighted by Gasteiger charge is 2.11. The molecule has 0 bridgehead atoms. The number of aryl methyl sites for hydroxylation is 1. The first-order valence-electron chi connectivity index (χ1n) is 6.98. The zero-order valence-corrected chi connectivity index (χ0v) is 16.2. The van der Waals surface area contributed by atoms with E-state index in [1.165, 1.54) is 11.1 Å². The van der Waals surface area contributed by atoms with Crippen molar-refractivity contribution in [2.75, 3.05) is 20.7 Å². The molecule has 0 aliphatic heterocycles. The maximum absolute atomic E-state index is 5.39. The lowest BCUT2D eigenvalue weighted by atomic mass is 10.1. The summed E-state index contributed by atoms with van der Waals surface area (Å²) in [6.07, 6.45) is 0.899. The second-order valence-corrected chi connectivity index (χ2v) is 5.94. The van der Waals surface area contributed by atoms with Gasteiger partial charge < -0.3 is 15.4 Å². The van der Waals surface area contributed by atoms with Gasteiger partial charge in [-0.3, -0.25) is 4.99 Å². The molecule has 2 N–H and O–H groups in total. The number of methoxy groups -OCH3 is 1. The van der Waals surface area contributed by atoms with E-state index in [2.05, 4.69) is 55.5 Å². The summed E-state index contributed by atoms with van der Waals surface area (Å²) in [5.74, 6) is 1.76. The van der Waals surface area contributed by atoms with Gasteiger partial charge in [0.15, 0.2) is 5.96 Å². The average Bonchev–Trinajstić information content (AvgIpc) is 2.36. The molecule has 0 heterocycles. The van der Waals surface area contributed by atoms with Gasteiger partial charge in [-0.15, -0.1) is 24.0 Å². The molecule has 21 heavy (non-hydrogen) atoms. The quantitative estimate of drug-likeness (QED) is 0.460. The Morgan fingerprint density at radius 1 is 1.29 bits per heavy atom. The van der Waals surface area contributed by atoms with E-state index in [0.717, 1.165) is 24.7 Å². The lowest BCUT2D eigenvalue weighted by molar-refractivity contribution is 0.409. The van der Waals surface area contributed by atoms with Crippen molar-refractivity contribution in [3.8, 4) is 5.75 Å². The summed E-state index contributed by atoms with van der Waals surface area (Å²) < 4.78 is 5.39. The van der Waals surface area contributed by atoms with Crippen LogP contribution in [0.25, 0.3) is 0 Å². The Hall–Kier alpha value is -0.980. The van der Waals surface area contributed by atoms with Crippen molar-refractivity contribution in [3.05, 3.63) is 29.3 Å². The summed E-state index contributed by atoms with van der Waals surface area (Å²) in [5, 5.41) is 6.67. The number of nitrogens with zero attached hydrogens (tertiary/aromatic N) is 1. The molecule has 0 amide bonds. The van der Waals surface area contributed by atoms with Crippen molar-refractivity contribution in [1.29, 1.82) is 0 Å². The van der Waals surface area contributed by atoms with E-state index in [-0.39, 0.29) is 29.5 Å². The van der Waals surface area contributed by atoms with Crippen LogP contribution in [0.3, 0.4) is 0 Å². The molecule has 0 saturated carbocycles. The third-order valence-electron chi connectivity index (χ3n) is 2.84. The molecule has 120 valence electrons. The Bertz CT molecular complexity index is 467. The highest BCUT2D eigenvalue weighted by molar-refractivity contribution is 14.0. The van der Waals surface area contributed by atoms with E-state index >= 15 is 0 Å². The van der Waals surface area contributed by atoms with Gasteiger partial charge in [0.05, 0.1) is 7.11 Å². The fourth-order valence-electron chi connectivity index (χ4n) is 1.95. The van der Waals surface area contributed by atoms with Crippen molar-refractivity contribution in [2.45, 2.75) is 39.7 Å². The Morgan fingerprint density at radius 2 is 1.95 bits per heavy atom. The number of benzene rings is 1. The van der Waals surface area contributed by atoms with E-state index in [0.29, 0.717) is 0 Å². The van der Waals surface area contributed by atoms with E-state index in [4.69, 9.17) is 4.74 Å². The normalized spacial score (nSPS) is 11.6. The lowest BCUT2D eigenvalue weighted by Gasteiger charge is -2.23. The molecular formula is C16H28IN3O. The smallest absolute Gasteiger partial charge is 0.191 e. The van der Waals surface area contributed by atoms with Gasteiger partial charge in [0, 0.05) is 19.1 Å². The van der Waals surface area contributed by atoms with Gasteiger partial charge in [-0.2, -0.15) is 0 Å². The maximum atomic E-state index is 5.39. The zero-order chi connectivity index (χ0) is 15.2. The van der Waals surface area contributed by atoms with Crippen LogP contribution in [0.2, 0.25) is 0 Å². The van der Waals surface area contributed by atoms with Crippen LogP contribution in [-0.4, -0.2) is 32.2 Å². The number of guanidine groups is 1. The Morgan fingerprint density at radius 3 is 2.48 bits per heavy atom. The first-order chi connectivity index (χ1) is 9.35. The Balaban J connectivity index is 0.00000400. The monoisotopic (exact) mass is 405 g/mol. The van der Waals surface area contributed by atoms with Crippen LogP contribution >= 0.6 is 24.0 Å². The summed E-state index contributed by atoms with van der Waals surface area (Å²) in [4.78, 5) is 4.23. The highest BCUT2D eigenvalue weighted by atomic mass is 127. The molecule has 0 spiro atoms. The summed E-state index contributed by atoms with van der Waals surface area (Å²) in [7, 11) is 3.50. The van der Waals surface area contributed by atoms with Crippen LogP contribution in [0.5, 0.6) is 5.75 Å². The lowest BCUT2D eigenvalue weighted by Crippen LogP contribution is -2.48. The molecule has 0 radical (unpaired) electrons.